The van der Waals surface area contributed by atoms with Crippen LogP contribution in [0.1, 0.15) is 33.1 Å². The standard InChI is InChI=1S/C19H28N2O3/c1-14(2)18(22)21-9-7-19(8-10-21)12-16(13-24-19)20-15-5-4-6-17(11-15)23-3/h4-6,11,14,16,20H,7-10,12-13H2,1-3H3/t16-/m0/s1. The Morgan fingerprint density at radius 1 is 1.38 bits per heavy atom. The zero-order valence-electron chi connectivity index (χ0n) is 14.9. The molecule has 3 rings (SSSR count). The van der Waals surface area contributed by atoms with Crippen LogP contribution >= 0.6 is 0 Å². The molecule has 5 heteroatoms. The molecule has 2 aliphatic heterocycles. The summed E-state index contributed by atoms with van der Waals surface area (Å²) in [5.41, 5.74) is 0.997. The summed E-state index contributed by atoms with van der Waals surface area (Å²) >= 11 is 0. The second-order valence-corrected chi connectivity index (χ2v) is 7.25. The molecule has 1 N–H and O–H groups in total. The van der Waals surface area contributed by atoms with Crippen molar-refractivity contribution >= 4 is 11.6 Å². The molecule has 1 atom stereocenters. The SMILES string of the molecule is COc1cccc(N[C@@H]2COC3(CCN(C(=O)C(C)C)CC3)C2)c1. The van der Waals surface area contributed by atoms with Crippen LogP contribution in [0.25, 0.3) is 0 Å². The number of rotatable bonds is 4. The van der Waals surface area contributed by atoms with E-state index in [-0.39, 0.29) is 17.4 Å². The highest BCUT2D eigenvalue weighted by Gasteiger charge is 2.43. The number of carbonyl (C=O) groups excluding carboxylic acids is 1. The van der Waals surface area contributed by atoms with E-state index in [9.17, 15) is 4.79 Å². The van der Waals surface area contributed by atoms with Gasteiger partial charge in [-0.1, -0.05) is 19.9 Å². The van der Waals surface area contributed by atoms with Crippen molar-refractivity contribution < 1.29 is 14.3 Å². The zero-order valence-corrected chi connectivity index (χ0v) is 14.9. The van der Waals surface area contributed by atoms with Crippen LogP contribution in [0.2, 0.25) is 0 Å². The summed E-state index contributed by atoms with van der Waals surface area (Å²) in [6.45, 7) is 6.26. The van der Waals surface area contributed by atoms with Crippen LogP contribution in [0.15, 0.2) is 24.3 Å². The summed E-state index contributed by atoms with van der Waals surface area (Å²) in [4.78, 5) is 14.1. The molecule has 1 aromatic carbocycles. The first-order valence-electron chi connectivity index (χ1n) is 8.85. The fraction of sp³-hybridized carbons (Fsp3) is 0.632. The van der Waals surface area contributed by atoms with E-state index in [4.69, 9.17) is 9.47 Å². The maximum absolute atomic E-state index is 12.1. The van der Waals surface area contributed by atoms with Crippen LogP contribution in [0.5, 0.6) is 5.75 Å². The first-order chi connectivity index (χ1) is 11.5. The normalized spacial score (nSPS) is 22.8. The summed E-state index contributed by atoms with van der Waals surface area (Å²) in [7, 11) is 1.68. The van der Waals surface area contributed by atoms with Gasteiger partial charge in [0.15, 0.2) is 0 Å². The first kappa shape index (κ1) is 17.1. The van der Waals surface area contributed by atoms with E-state index in [0.717, 1.165) is 50.4 Å². The van der Waals surface area contributed by atoms with Crippen molar-refractivity contribution in [3.8, 4) is 5.75 Å². The van der Waals surface area contributed by atoms with Crippen molar-refractivity contribution in [1.82, 2.24) is 4.90 Å². The van der Waals surface area contributed by atoms with E-state index in [1.165, 1.54) is 0 Å². The quantitative estimate of drug-likeness (QED) is 0.921. The molecule has 1 spiro atoms. The molecule has 5 nitrogen and oxygen atoms in total. The van der Waals surface area contributed by atoms with E-state index in [1.54, 1.807) is 7.11 Å². The number of likely N-dealkylation sites (tertiary alicyclic amines) is 1. The first-order valence-corrected chi connectivity index (χ1v) is 8.85. The Morgan fingerprint density at radius 3 is 2.79 bits per heavy atom. The summed E-state index contributed by atoms with van der Waals surface area (Å²) in [5.74, 6) is 1.19. The summed E-state index contributed by atoms with van der Waals surface area (Å²) in [6, 6.07) is 8.30. The smallest absolute Gasteiger partial charge is 0.225 e. The molecule has 0 bridgehead atoms. The number of hydrogen-bond donors (Lipinski definition) is 1. The van der Waals surface area contributed by atoms with Gasteiger partial charge in [-0.15, -0.1) is 0 Å². The molecular formula is C19H28N2O3. The zero-order chi connectivity index (χ0) is 17.2. The van der Waals surface area contributed by atoms with Crippen LogP contribution in [0.4, 0.5) is 5.69 Å². The predicted octanol–water partition coefficient (Wildman–Crippen LogP) is 2.91. The number of benzene rings is 1. The molecule has 2 saturated heterocycles. The minimum absolute atomic E-state index is 0.0652. The lowest BCUT2D eigenvalue weighted by Gasteiger charge is -2.39. The van der Waals surface area contributed by atoms with E-state index in [0.29, 0.717) is 6.04 Å². The van der Waals surface area contributed by atoms with Gasteiger partial charge in [0, 0.05) is 30.8 Å². The number of methoxy groups -OCH3 is 1. The second kappa shape index (κ2) is 7.01. The van der Waals surface area contributed by atoms with E-state index in [2.05, 4.69) is 11.4 Å². The molecule has 1 amide bonds. The van der Waals surface area contributed by atoms with Crippen LogP contribution in [0, 0.1) is 5.92 Å². The number of nitrogens with zero attached hydrogens (tertiary/aromatic N) is 1. The molecule has 132 valence electrons. The van der Waals surface area contributed by atoms with Gasteiger partial charge in [0.05, 0.1) is 25.4 Å². The topological polar surface area (TPSA) is 50.8 Å². The molecule has 0 unspecified atom stereocenters. The number of anilines is 1. The molecule has 0 aromatic heterocycles. The molecule has 2 aliphatic rings. The lowest BCUT2D eigenvalue weighted by atomic mass is 9.87. The maximum Gasteiger partial charge on any atom is 0.225 e. The third kappa shape index (κ3) is 3.66. The second-order valence-electron chi connectivity index (χ2n) is 7.25. The largest absolute Gasteiger partial charge is 0.497 e. The van der Waals surface area contributed by atoms with Gasteiger partial charge in [0.2, 0.25) is 5.91 Å². The Kier molecular flexibility index (Phi) is 4.99. The van der Waals surface area contributed by atoms with Crippen LogP contribution in [-0.4, -0.2) is 49.3 Å². The van der Waals surface area contributed by atoms with Gasteiger partial charge in [-0.2, -0.15) is 0 Å². The number of piperidine rings is 1. The van der Waals surface area contributed by atoms with Gasteiger partial charge in [-0.3, -0.25) is 4.79 Å². The van der Waals surface area contributed by atoms with Crippen LogP contribution < -0.4 is 10.1 Å². The number of nitrogens with one attached hydrogen (secondary N) is 1. The number of amides is 1. The van der Waals surface area contributed by atoms with Crippen molar-refractivity contribution in [2.75, 3.05) is 32.1 Å². The highest BCUT2D eigenvalue weighted by atomic mass is 16.5. The fourth-order valence-electron chi connectivity index (χ4n) is 3.73. The molecule has 2 fully saturated rings. The Morgan fingerprint density at radius 2 is 2.12 bits per heavy atom. The molecule has 24 heavy (non-hydrogen) atoms. The molecule has 0 saturated carbocycles. The highest BCUT2D eigenvalue weighted by molar-refractivity contribution is 5.78. The summed E-state index contributed by atoms with van der Waals surface area (Å²) < 4.78 is 11.5. The molecule has 0 aliphatic carbocycles. The van der Waals surface area contributed by atoms with Gasteiger partial charge in [-0.05, 0) is 31.4 Å². The van der Waals surface area contributed by atoms with Crippen molar-refractivity contribution in [3.05, 3.63) is 24.3 Å². The van der Waals surface area contributed by atoms with Crippen molar-refractivity contribution in [1.29, 1.82) is 0 Å². The van der Waals surface area contributed by atoms with Gasteiger partial charge >= 0.3 is 0 Å². The minimum atomic E-state index is -0.0652. The van der Waals surface area contributed by atoms with Gasteiger partial charge < -0.3 is 19.7 Å². The van der Waals surface area contributed by atoms with E-state index in [1.807, 2.05) is 36.9 Å². The van der Waals surface area contributed by atoms with E-state index < -0.39 is 0 Å². The third-order valence-electron chi connectivity index (χ3n) is 5.13. The average molecular weight is 332 g/mol. The lowest BCUT2D eigenvalue weighted by Crippen LogP contribution is -2.47. The van der Waals surface area contributed by atoms with Crippen molar-refractivity contribution in [2.24, 2.45) is 5.92 Å². The highest BCUT2D eigenvalue weighted by Crippen LogP contribution is 2.37. The average Bonchev–Trinajstić information content (AvgIpc) is 2.97. The van der Waals surface area contributed by atoms with Crippen molar-refractivity contribution in [3.63, 3.8) is 0 Å². The lowest BCUT2D eigenvalue weighted by molar-refractivity contribution is -0.139. The van der Waals surface area contributed by atoms with Gasteiger partial charge in [0.1, 0.15) is 5.75 Å². The predicted molar refractivity (Wildman–Crippen MR) is 94.4 cm³/mol. The number of hydrogen-bond acceptors (Lipinski definition) is 4. The number of ether oxygens (including phenoxy) is 2. The van der Waals surface area contributed by atoms with Crippen molar-refractivity contribution in [2.45, 2.75) is 44.8 Å². The molecule has 0 radical (unpaired) electrons. The molecule has 2 heterocycles. The van der Waals surface area contributed by atoms with Crippen LogP contribution in [-0.2, 0) is 9.53 Å². The van der Waals surface area contributed by atoms with E-state index >= 15 is 0 Å². The third-order valence-corrected chi connectivity index (χ3v) is 5.13. The summed E-state index contributed by atoms with van der Waals surface area (Å²) in [6.07, 6.45) is 2.86. The Balaban J connectivity index is 1.55. The monoisotopic (exact) mass is 332 g/mol. The van der Waals surface area contributed by atoms with Crippen LogP contribution in [0.3, 0.4) is 0 Å². The molecular weight excluding hydrogens is 304 g/mol. The van der Waals surface area contributed by atoms with Gasteiger partial charge in [-0.25, -0.2) is 0 Å². The number of carbonyl (C=O) groups is 1. The Labute approximate surface area is 144 Å². The summed E-state index contributed by atoms with van der Waals surface area (Å²) in [5, 5.41) is 3.55. The minimum Gasteiger partial charge on any atom is -0.497 e. The fourth-order valence-corrected chi connectivity index (χ4v) is 3.73. The Hall–Kier alpha value is -1.75. The van der Waals surface area contributed by atoms with Gasteiger partial charge in [0.25, 0.3) is 0 Å². The Bertz CT molecular complexity index is 580. The molecule has 1 aromatic rings. The maximum atomic E-state index is 12.1.